The van der Waals surface area contributed by atoms with Crippen molar-refractivity contribution in [3.8, 4) is 0 Å². The van der Waals surface area contributed by atoms with Crippen LogP contribution in [-0.2, 0) is 9.59 Å². The van der Waals surface area contributed by atoms with E-state index in [9.17, 15) is 14.0 Å². The molecule has 5 heteroatoms. The van der Waals surface area contributed by atoms with Gasteiger partial charge in [0.15, 0.2) is 0 Å². The minimum absolute atomic E-state index is 0.00207. The van der Waals surface area contributed by atoms with E-state index in [0.29, 0.717) is 25.1 Å². The van der Waals surface area contributed by atoms with Gasteiger partial charge in [0.1, 0.15) is 5.82 Å². The molecule has 1 unspecified atom stereocenters. The number of amides is 2. The summed E-state index contributed by atoms with van der Waals surface area (Å²) in [6.07, 6.45) is 6.02. The lowest BCUT2D eigenvalue weighted by atomic mass is 9.85. The van der Waals surface area contributed by atoms with Crippen molar-refractivity contribution in [2.24, 2.45) is 5.41 Å². The summed E-state index contributed by atoms with van der Waals surface area (Å²) in [5, 5.41) is 0. The number of halogens is 1. The second-order valence-electron chi connectivity index (χ2n) is 7.98. The summed E-state index contributed by atoms with van der Waals surface area (Å²) < 4.78 is 14.0. The molecule has 3 aliphatic rings. The van der Waals surface area contributed by atoms with Gasteiger partial charge in [-0.3, -0.25) is 9.59 Å². The number of benzene rings is 1. The first-order valence-corrected chi connectivity index (χ1v) is 9.36. The van der Waals surface area contributed by atoms with Crippen molar-refractivity contribution in [3.05, 3.63) is 35.6 Å². The van der Waals surface area contributed by atoms with Crippen molar-refractivity contribution in [2.75, 3.05) is 26.2 Å². The number of likely N-dealkylation sites (tertiary alicyclic amines) is 2. The van der Waals surface area contributed by atoms with Gasteiger partial charge in [-0.25, -0.2) is 4.39 Å². The lowest BCUT2D eigenvalue weighted by molar-refractivity contribution is -0.137. The zero-order valence-electron chi connectivity index (χ0n) is 14.5. The molecule has 0 N–H and O–H groups in total. The van der Waals surface area contributed by atoms with Gasteiger partial charge in [-0.2, -0.15) is 0 Å². The highest BCUT2D eigenvalue weighted by Gasteiger charge is 2.45. The Bertz CT molecular complexity index is 684. The van der Waals surface area contributed by atoms with Gasteiger partial charge in [0, 0.05) is 32.0 Å². The van der Waals surface area contributed by atoms with E-state index >= 15 is 0 Å². The first-order chi connectivity index (χ1) is 12.1. The molecule has 0 bridgehead atoms. The van der Waals surface area contributed by atoms with E-state index in [1.54, 1.807) is 15.9 Å². The monoisotopic (exact) mass is 344 g/mol. The van der Waals surface area contributed by atoms with Crippen LogP contribution in [0.15, 0.2) is 24.3 Å². The summed E-state index contributed by atoms with van der Waals surface area (Å²) in [4.78, 5) is 28.5. The Morgan fingerprint density at radius 2 is 2.00 bits per heavy atom. The average molecular weight is 344 g/mol. The lowest BCUT2D eigenvalue weighted by Crippen LogP contribution is -2.40. The van der Waals surface area contributed by atoms with E-state index < -0.39 is 0 Å². The molecule has 1 saturated carbocycles. The molecule has 4 rings (SSSR count). The largest absolute Gasteiger partial charge is 0.341 e. The molecular formula is C20H25FN2O2. The second kappa shape index (κ2) is 6.43. The van der Waals surface area contributed by atoms with Crippen molar-refractivity contribution in [3.63, 3.8) is 0 Å². The van der Waals surface area contributed by atoms with Gasteiger partial charge in [0.25, 0.3) is 0 Å². The van der Waals surface area contributed by atoms with Gasteiger partial charge in [0.05, 0.1) is 6.54 Å². The molecule has 2 aliphatic heterocycles. The fraction of sp³-hybridized carbons (Fsp3) is 0.600. The Morgan fingerprint density at radius 1 is 1.24 bits per heavy atom. The summed E-state index contributed by atoms with van der Waals surface area (Å²) in [5.74, 6) is -0.0114. The zero-order chi connectivity index (χ0) is 17.4. The van der Waals surface area contributed by atoms with Gasteiger partial charge in [0.2, 0.25) is 11.8 Å². The van der Waals surface area contributed by atoms with Crippen LogP contribution in [0.1, 0.15) is 50.0 Å². The molecule has 25 heavy (non-hydrogen) atoms. The highest BCUT2D eigenvalue weighted by molar-refractivity contribution is 5.86. The van der Waals surface area contributed by atoms with E-state index in [-0.39, 0.29) is 35.5 Å². The van der Waals surface area contributed by atoms with Crippen molar-refractivity contribution >= 4 is 11.8 Å². The van der Waals surface area contributed by atoms with Crippen molar-refractivity contribution in [1.29, 1.82) is 0 Å². The van der Waals surface area contributed by atoms with Gasteiger partial charge in [-0.15, -0.1) is 0 Å². The van der Waals surface area contributed by atoms with Crippen molar-refractivity contribution < 1.29 is 14.0 Å². The van der Waals surface area contributed by atoms with Crippen molar-refractivity contribution in [2.45, 2.75) is 44.4 Å². The molecule has 2 amide bonds. The molecule has 1 aromatic rings. The molecule has 1 spiro atoms. The molecule has 3 fully saturated rings. The number of carbonyl (C=O) groups is 2. The molecule has 1 atom stereocenters. The van der Waals surface area contributed by atoms with E-state index in [1.165, 1.54) is 18.9 Å². The Balaban J connectivity index is 1.36. The number of hydrogen-bond donors (Lipinski definition) is 0. The smallest absolute Gasteiger partial charge is 0.242 e. The third kappa shape index (κ3) is 3.16. The predicted octanol–water partition coefficient (Wildman–Crippen LogP) is 2.93. The maximum atomic E-state index is 14.0. The predicted molar refractivity (Wildman–Crippen MR) is 92.4 cm³/mol. The fourth-order valence-corrected chi connectivity index (χ4v) is 4.90. The van der Waals surface area contributed by atoms with Crippen LogP contribution < -0.4 is 0 Å². The molecule has 134 valence electrons. The number of nitrogens with zero attached hydrogens (tertiary/aromatic N) is 2. The van der Waals surface area contributed by atoms with Gasteiger partial charge >= 0.3 is 0 Å². The Labute approximate surface area is 148 Å². The quantitative estimate of drug-likeness (QED) is 0.846. The van der Waals surface area contributed by atoms with Gasteiger partial charge in [-0.05, 0) is 36.3 Å². The molecule has 4 nitrogen and oxygen atoms in total. The van der Waals surface area contributed by atoms with Crippen LogP contribution in [0.5, 0.6) is 0 Å². The number of hydrogen-bond acceptors (Lipinski definition) is 2. The second-order valence-corrected chi connectivity index (χ2v) is 7.98. The van der Waals surface area contributed by atoms with E-state index in [0.717, 1.165) is 25.8 Å². The maximum absolute atomic E-state index is 14.0. The van der Waals surface area contributed by atoms with Crippen LogP contribution in [0.4, 0.5) is 4.39 Å². The normalized spacial score (nSPS) is 25.3. The Kier molecular flexibility index (Phi) is 4.26. The van der Waals surface area contributed by atoms with Crippen LogP contribution in [0.3, 0.4) is 0 Å². The minimum Gasteiger partial charge on any atom is -0.341 e. The standard InChI is InChI=1S/C20H25FN2O2/c21-17-6-2-1-5-16(17)15-7-10-22(12-15)19(25)13-23-14-20(11-18(23)24)8-3-4-9-20/h1-2,5-6,15H,3-4,7-14H2. The van der Waals surface area contributed by atoms with Crippen LogP contribution in [-0.4, -0.2) is 47.8 Å². The highest BCUT2D eigenvalue weighted by atomic mass is 19.1. The van der Waals surface area contributed by atoms with Gasteiger partial charge in [-0.1, -0.05) is 31.0 Å². The summed E-state index contributed by atoms with van der Waals surface area (Å²) >= 11 is 0. The number of rotatable bonds is 3. The first kappa shape index (κ1) is 16.6. The van der Waals surface area contributed by atoms with E-state index in [4.69, 9.17) is 0 Å². The Hall–Kier alpha value is -1.91. The number of carbonyl (C=O) groups excluding carboxylic acids is 2. The first-order valence-electron chi connectivity index (χ1n) is 9.36. The summed E-state index contributed by atoms with van der Waals surface area (Å²) in [6, 6.07) is 6.81. The van der Waals surface area contributed by atoms with Gasteiger partial charge < -0.3 is 9.80 Å². The molecule has 0 radical (unpaired) electrons. The topological polar surface area (TPSA) is 40.6 Å². The summed E-state index contributed by atoms with van der Waals surface area (Å²) in [5.41, 5.74) is 0.831. The van der Waals surface area contributed by atoms with Crippen LogP contribution in [0.2, 0.25) is 0 Å². The van der Waals surface area contributed by atoms with Crippen LogP contribution in [0, 0.1) is 11.2 Å². The third-order valence-corrected chi connectivity index (χ3v) is 6.28. The molecular weight excluding hydrogens is 319 g/mol. The Morgan fingerprint density at radius 3 is 2.76 bits per heavy atom. The molecule has 0 aromatic heterocycles. The zero-order valence-corrected chi connectivity index (χ0v) is 14.5. The highest BCUT2D eigenvalue weighted by Crippen LogP contribution is 2.45. The van der Waals surface area contributed by atoms with E-state index in [1.807, 2.05) is 12.1 Å². The molecule has 2 saturated heterocycles. The van der Waals surface area contributed by atoms with Crippen LogP contribution >= 0.6 is 0 Å². The van der Waals surface area contributed by atoms with Crippen LogP contribution in [0.25, 0.3) is 0 Å². The summed E-state index contributed by atoms with van der Waals surface area (Å²) in [6.45, 7) is 2.12. The third-order valence-electron chi connectivity index (χ3n) is 6.28. The molecule has 1 aliphatic carbocycles. The lowest BCUT2D eigenvalue weighted by Gasteiger charge is -2.24. The average Bonchev–Trinajstić information content (AvgIpc) is 3.30. The SMILES string of the molecule is O=C(CN1CC2(CCCC2)CC1=O)N1CCC(c2ccccc2F)C1. The van der Waals surface area contributed by atoms with Crippen molar-refractivity contribution in [1.82, 2.24) is 9.80 Å². The van der Waals surface area contributed by atoms with E-state index in [2.05, 4.69) is 0 Å². The maximum Gasteiger partial charge on any atom is 0.242 e. The fourth-order valence-electron chi connectivity index (χ4n) is 4.90. The molecule has 1 aromatic carbocycles. The molecule has 2 heterocycles. The summed E-state index contributed by atoms with van der Waals surface area (Å²) in [7, 11) is 0. The minimum atomic E-state index is -0.195.